The van der Waals surface area contributed by atoms with Gasteiger partial charge in [0.25, 0.3) is 0 Å². The van der Waals surface area contributed by atoms with Crippen molar-refractivity contribution in [1.82, 2.24) is 4.98 Å². The molecule has 0 bridgehead atoms. The van der Waals surface area contributed by atoms with Gasteiger partial charge >= 0.3 is 0 Å². The maximum absolute atomic E-state index is 4.26. The number of hydrogen-bond donors (Lipinski definition) is 2. The predicted octanol–water partition coefficient (Wildman–Crippen LogP) is 4.14. The zero-order valence-electron chi connectivity index (χ0n) is 12.9. The van der Waals surface area contributed by atoms with Gasteiger partial charge in [-0.25, -0.2) is 4.98 Å². The molecule has 106 valence electrons. The highest BCUT2D eigenvalue weighted by atomic mass is 15.0. The van der Waals surface area contributed by atoms with E-state index in [0.29, 0.717) is 16.9 Å². The Morgan fingerprint density at radius 2 is 1.79 bits per heavy atom. The molecule has 1 aromatic heterocycles. The van der Waals surface area contributed by atoms with Crippen LogP contribution in [0.4, 0.5) is 11.5 Å². The molecule has 1 fully saturated rings. The third kappa shape index (κ3) is 3.85. The van der Waals surface area contributed by atoms with Gasteiger partial charge < -0.3 is 10.6 Å². The topological polar surface area (TPSA) is 37.0 Å². The van der Waals surface area contributed by atoms with E-state index >= 15 is 0 Å². The first-order valence-corrected chi connectivity index (χ1v) is 7.20. The lowest BCUT2D eigenvalue weighted by molar-refractivity contribution is 0.105. The largest absolute Gasteiger partial charge is 0.382 e. The maximum atomic E-state index is 4.26. The van der Waals surface area contributed by atoms with Gasteiger partial charge in [-0.15, -0.1) is 0 Å². The molecule has 0 spiro atoms. The van der Waals surface area contributed by atoms with Gasteiger partial charge in [0.1, 0.15) is 5.82 Å². The van der Waals surface area contributed by atoms with Crippen LogP contribution in [0.3, 0.4) is 0 Å². The zero-order valence-corrected chi connectivity index (χ0v) is 12.9. The number of nitrogens with zero attached hydrogens (tertiary/aromatic N) is 1. The van der Waals surface area contributed by atoms with Crippen molar-refractivity contribution >= 4 is 11.5 Å². The molecule has 1 aliphatic rings. The SMILES string of the molecule is CNc1cc(NC2CC(C)(C)CC(C)(C)C2)ccn1. The molecule has 0 amide bonds. The molecule has 0 saturated heterocycles. The molecule has 1 heterocycles. The fourth-order valence-electron chi connectivity index (χ4n) is 3.84. The standard InChI is InChI=1S/C16H27N3/c1-15(2)9-13(10-16(3,4)11-15)19-12-6-7-18-14(8-12)17-5/h6-8,13H,9-11H2,1-5H3,(H2,17,18,19). The average molecular weight is 261 g/mol. The first-order chi connectivity index (χ1) is 8.80. The second-order valence-electron chi connectivity index (χ2n) is 7.43. The first kappa shape index (κ1) is 14.2. The molecule has 0 aromatic carbocycles. The second kappa shape index (κ2) is 5.03. The molecule has 0 radical (unpaired) electrons. The van der Waals surface area contributed by atoms with Gasteiger partial charge in [-0.2, -0.15) is 0 Å². The van der Waals surface area contributed by atoms with Crippen LogP contribution in [-0.2, 0) is 0 Å². The highest BCUT2D eigenvalue weighted by molar-refractivity contribution is 5.52. The number of hydrogen-bond acceptors (Lipinski definition) is 3. The van der Waals surface area contributed by atoms with Crippen LogP contribution >= 0.6 is 0 Å². The summed E-state index contributed by atoms with van der Waals surface area (Å²) in [4.78, 5) is 4.26. The summed E-state index contributed by atoms with van der Waals surface area (Å²) < 4.78 is 0. The Hall–Kier alpha value is -1.25. The fraction of sp³-hybridized carbons (Fsp3) is 0.688. The molecule has 19 heavy (non-hydrogen) atoms. The van der Waals surface area contributed by atoms with Crippen molar-refractivity contribution in [3.05, 3.63) is 18.3 Å². The van der Waals surface area contributed by atoms with Gasteiger partial charge in [0.2, 0.25) is 0 Å². The van der Waals surface area contributed by atoms with Crippen molar-refractivity contribution < 1.29 is 0 Å². The summed E-state index contributed by atoms with van der Waals surface area (Å²) in [6.45, 7) is 9.53. The monoisotopic (exact) mass is 261 g/mol. The molecule has 0 aliphatic heterocycles. The summed E-state index contributed by atoms with van der Waals surface area (Å²) in [5, 5.41) is 6.77. The Morgan fingerprint density at radius 1 is 1.16 bits per heavy atom. The first-order valence-electron chi connectivity index (χ1n) is 7.20. The predicted molar refractivity (Wildman–Crippen MR) is 82.6 cm³/mol. The van der Waals surface area contributed by atoms with Crippen LogP contribution in [0, 0.1) is 10.8 Å². The van der Waals surface area contributed by atoms with Gasteiger partial charge in [0.05, 0.1) is 0 Å². The quantitative estimate of drug-likeness (QED) is 0.858. The van der Waals surface area contributed by atoms with E-state index in [2.05, 4.69) is 55.4 Å². The van der Waals surface area contributed by atoms with E-state index in [-0.39, 0.29) is 0 Å². The molecule has 2 rings (SSSR count). The zero-order chi connectivity index (χ0) is 14.1. The Bertz CT molecular complexity index is 421. The van der Waals surface area contributed by atoms with Crippen LogP contribution in [0.15, 0.2) is 18.3 Å². The lowest BCUT2D eigenvalue weighted by Crippen LogP contribution is -2.40. The summed E-state index contributed by atoms with van der Waals surface area (Å²) in [6.07, 6.45) is 5.62. The lowest BCUT2D eigenvalue weighted by atomic mass is 9.63. The molecule has 1 aromatic rings. The summed E-state index contributed by atoms with van der Waals surface area (Å²) in [6, 6.07) is 4.68. The number of anilines is 2. The van der Waals surface area contributed by atoms with Crippen LogP contribution in [0.5, 0.6) is 0 Å². The Kier molecular flexibility index (Phi) is 3.75. The normalized spacial score (nSPS) is 21.9. The van der Waals surface area contributed by atoms with Gasteiger partial charge in [0.15, 0.2) is 0 Å². The molecule has 3 heteroatoms. The minimum Gasteiger partial charge on any atom is -0.382 e. The van der Waals surface area contributed by atoms with Crippen LogP contribution in [0.1, 0.15) is 47.0 Å². The minimum absolute atomic E-state index is 0.415. The molecule has 2 N–H and O–H groups in total. The van der Waals surface area contributed by atoms with Gasteiger partial charge in [-0.1, -0.05) is 27.7 Å². The third-order valence-electron chi connectivity index (χ3n) is 3.94. The lowest BCUT2D eigenvalue weighted by Gasteiger charge is -2.45. The van der Waals surface area contributed by atoms with Crippen molar-refractivity contribution in [1.29, 1.82) is 0 Å². The van der Waals surface area contributed by atoms with E-state index in [9.17, 15) is 0 Å². The van der Waals surface area contributed by atoms with Crippen molar-refractivity contribution in [3.63, 3.8) is 0 Å². The molecular formula is C16H27N3. The number of rotatable bonds is 3. The van der Waals surface area contributed by atoms with Crippen molar-refractivity contribution in [3.8, 4) is 0 Å². The Morgan fingerprint density at radius 3 is 2.37 bits per heavy atom. The van der Waals surface area contributed by atoms with E-state index < -0.39 is 0 Å². The summed E-state index contributed by atoms with van der Waals surface area (Å²) in [5.74, 6) is 0.916. The number of pyridine rings is 1. The van der Waals surface area contributed by atoms with Gasteiger partial charge in [0, 0.05) is 31.0 Å². The van der Waals surface area contributed by atoms with Crippen LogP contribution in [-0.4, -0.2) is 18.1 Å². The van der Waals surface area contributed by atoms with Gasteiger partial charge in [-0.05, 0) is 36.2 Å². The van der Waals surface area contributed by atoms with E-state index in [1.807, 2.05) is 13.2 Å². The second-order valence-corrected chi connectivity index (χ2v) is 7.43. The molecule has 1 aliphatic carbocycles. The van der Waals surface area contributed by atoms with E-state index in [0.717, 1.165) is 11.5 Å². The third-order valence-corrected chi connectivity index (χ3v) is 3.94. The van der Waals surface area contributed by atoms with E-state index in [1.54, 1.807) is 0 Å². The van der Waals surface area contributed by atoms with Gasteiger partial charge in [-0.3, -0.25) is 0 Å². The van der Waals surface area contributed by atoms with E-state index in [1.165, 1.54) is 19.3 Å². The number of nitrogens with one attached hydrogen (secondary N) is 2. The minimum atomic E-state index is 0.415. The molecule has 3 nitrogen and oxygen atoms in total. The Labute approximate surface area is 117 Å². The van der Waals surface area contributed by atoms with Crippen molar-refractivity contribution in [2.75, 3.05) is 17.7 Å². The summed E-state index contributed by atoms with van der Waals surface area (Å²) in [7, 11) is 1.90. The van der Waals surface area contributed by atoms with Crippen molar-refractivity contribution in [2.24, 2.45) is 10.8 Å². The Balaban J connectivity index is 2.09. The summed E-state index contributed by atoms with van der Waals surface area (Å²) in [5.41, 5.74) is 1.99. The highest BCUT2D eigenvalue weighted by Crippen LogP contribution is 2.46. The molecule has 0 unspecified atom stereocenters. The average Bonchev–Trinajstić information content (AvgIpc) is 2.24. The highest BCUT2D eigenvalue weighted by Gasteiger charge is 2.38. The van der Waals surface area contributed by atoms with Crippen LogP contribution in [0.25, 0.3) is 0 Å². The van der Waals surface area contributed by atoms with Crippen LogP contribution in [0.2, 0.25) is 0 Å². The maximum Gasteiger partial charge on any atom is 0.127 e. The number of aromatic nitrogens is 1. The van der Waals surface area contributed by atoms with E-state index in [4.69, 9.17) is 0 Å². The van der Waals surface area contributed by atoms with Crippen molar-refractivity contribution in [2.45, 2.75) is 53.0 Å². The molecule has 0 atom stereocenters. The van der Waals surface area contributed by atoms with Crippen LogP contribution < -0.4 is 10.6 Å². The smallest absolute Gasteiger partial charge is 0.127 e. The molecule has 1 saturated carbocycles. The summed E-state index contributed by atoms with van der Waals surface area (Å²) >= 11 is 0. The fourth-order valence-corrected chi connectivity index (χ4v) is 3.84. The molecular weight excluding hydrogens is 234 g/mol.